The summed E-state index contributed by atoms with van der Waals surface area (Å²) in [4.78, 5) is 13.2. The van der Waals surface area contributed by atoms with Crippen molar-refractivity contribution < 1.29 is 13.2 Å². The number of aromatic nitrogens is 3. The van der Waals surface area contributed by atoms with Gasteiger partial charge in [0.2, 0.25) is 5.95 Å². The fraction of sp³-hybridized carbons (Fsp3) is 0.250. The number of nitrogens with zero attached hydrogens (tertiary/aromatic N) is 3. The molecule has 0 saturated carbocycles. The molecule has 5 nitrogen and oxygen atoms in total. The Labute approximate surface area is 171 Å². The molecule has 0 fully saturated rings. The van der Waals surface area contributed by atoms with Crippen LogP contribution in [0.2, 0.25) is 5.02 Å². The molecule has 29 heavy (non-hydrogen) atoms. The van der Waals surface area contributed by atoms with Crippen LogP contribution in [0.5, 0.6) is 0 Å². The molecule has 2 heterocycles. The highest BCUT2D eigenvalue weighted by Crippen LogP contribution is 2.35. The van der Waals surface area contributed by atoms with Crippen LogP contribution in [0.1, 0.15) is 25.8 Å². The normalized spacial score (nSPS) is 12.5. The van der Waals surface area contributed by atoms with Crippen molar-refractivity contribution in [3.63, 3.8) is 0 Å². The highest BCUT2D eigenvalue weighted by Gasteiger charge is 2.30. The van der Waals surface area contributed by atoms with Crippen LogP contribution in [0.15, 0.2) is 48.7 Å². The molecule has 0 saturated heterocycles. The van der Waals surface area contributed by atoms with Gasteiger partial charge in [0.05, 0.1) is 27.7 Å². The van der Waals surface area contributed by atoms with Crippen LogP contribution in [0.4, 0.5) is 30.6 Å². The third-order valence-electron chi connectivity index (χ3n) is 4.20. The summed E-state index contributed by atoms with van der Waals surface area (Å²) >= 11 is 6.05. The number of rotatable bonds is 6. The van der Waals surface area contributed by atoms with Gasteiger partial charge in [-0.2, -0.15) is 18.2 Å². The maximum absolute atomic E-state index is 12.9. The van der Waals surface area contributed by atoms with Crippen LogP contribution in [0.25, 0.3) is 11.4 Å². The van der Waals surface area contributed by atoms with Crippen LogP contribution >= 0.6 is 11.6 Å². The SMILES string of the molecule is CC[C@@H](C)Nc1nc(Nc2ccc(C(F)(F)F)cc2Cl)cc(-c2ccccn2)n1. The summed E-state index contributed by atoms with van der Waals surface area (Å²) in [7, 11) is 0. The predicted molar refractivity (Wildman–Crippen MR) is 108 cm³/mol. The van der Waals surface area contributed by atoms with Crippen molar-refractivity contribution >= 4 is 29.1 Å². The van der Waals surface area contributed by atoms with E-state index in [1.165, 1.54) is 6.07 Å². The van der Waals surface area contributed by atoms with E-state index in [0.717, 1.165) is 18.6 Å². The first-order valence-electron chi connectivity index (χ1n) is 8.97. The van der Waals surface area contributed by atoms with Crippen molar-refractivity contribution in [3.05, 3.63) is 59.2 Å². The average molecular weight is 422 g/mol. The molecule has 3 rings (SSSR count). The summed E-state index contributed by atoms with van der Waals surface area (Å²) in [6.07, 6.45) is -1.94. The number of alkyl halides is 3. The van der Waals surface area contributed by atoms with Crippen molar-refractivity contribution in [2.24, 2.45) is 0 Å². The molecule has 2 aromatic heterocycles. The van der Waals surface area contributed by atoms with E-state index in [0.29, 0.717) is 28.8 Å². The van der Waals surface area contributed by atoms with Crippen LogP contribution in [-0.2, 0) is 6.18 Å². The second-order valence-electron chi connectivity index (χ2n) is 6.45. The number of anilines is 3. The van der Waals surface area contributed by atoms with E-state index < -0.39 is 11.7 Å². The Morgan fingerprint density at radius 3 is 2.48 bits per heavy atom. The molecule has 1 aromatic carbocycles. The second-order valence-corrected chi connectivity index (χ2v) is 6.86. The molecule has 0 aliphatic heterocycles. The highest BCUT2D eigenvalue weighted by atomic mass is 35.5. The van der Waals surface area contributed by atoms with Crippen molar-refractivity contribution in [1.82, 2.24) is 15.0 Å². The van der Waals surface area contributed by atoms with Gasteiger partial charge in [-0.05, 0) is 43.7 Å². The van der Waals surface area contributed by atoms with Gasteiger partial charge in [-0.1, -0.05) is 24.6 Å². The van der Waals surface area contributed by atoms with E-state index in [2.05, 4.69) is 25.6 Å². The lowest BCUT2D eigenvalue weighted by molar-refractivity contribution is -0.137. The zero-order valence-corrected chi connectivity index (χ0v) is 16.5. The highest BCUT2D eigenvalue weighted by molar-refractivity contribution is 6.33. The summed E-state index contributed by atoms with van der Waals surface area (Å²) in [6, 6.07) is 10.4. The molecule has 0 unspecified atom stereocenters. The molecule has 9 heteroatoms. The lowest BCUT2D eigenvalue weighted by atomic mass is 10.2. The molecular formula is C20H19ClF3N5. The average Bonchev–Trinajstić information content (AvgIpc) is 2.69. The molecule has 0 spiro atoms. The first-order chi connectivity index (χ1) is 13.8. The minimum Gasteiger partial charge on any atom is -0.352 e. The second kappa shape index (κ2) is 8.65. The maximum Gasteiger partial charge on any atom is 0.416 e. The molecule has 2 N–H and O–H groups in total. The van der Waals surface area contributed by atoms with E-state index in [1.54, 1.807) is 18.3 Å². The molecular weight excluding hydrogens is 403 g/mol. The Bertz CT molecular complexity index is 980. The van der Waals surface area contributed by atoms with Crippen molar-refractivity contribution in [2.45, 2.75) is 32.5 Å². The largest absolute Gasteiger partial charge is 0.416 e. The summed E-state index contributed by atoms with van der Waals surface area (Å²) in [5.41, 5.74) is 0.699. The Morgan fingerprint density at radius 2 is 1.86 bits per heavy atom. The Kier molecular flexibility index (Phi) is 6.22. The number of nitrogens with one attached hydrogen (secondary N) is 2. The predicted octanol–water partition coefficient (Wildman–Crippen LogP) is 6.16. The van der Waals surface area contributed by atoms with Crippen LogP contribution in [0, 0.1) is 0 Å². The molecule has 0 aliphatic carbocycles. The van der Waals surface area contributed by atoms with Gasteiger partial charge in [0, 0.05) is 18.3 Å². The van der Waals surface area contributed by atoms with Crippen LogP contribution in [0.3, 0.4) is 0 Å². The van der Waals surface area contributed by atoms with Crippen molar-refractivity contribution in [2.75, 3.05) is 10.6 Å². The topological polar surface area (TPSA) is 62.7 Å². The summed E-state index contributed by atoms with van der Waals surface area (Å²) < 4.78 is 38.6. The molecule has 0 aliphatic rings. The van der Waals surface area contributed by atoms with E-state index in [-0.39, 0.29) is 11.1 Å². The minimum absolute atomic E-state index is 0.0609. The standard InChI is InChI=1S/C20H19ClF3N5/c1-3-12(2)26-19-28-17(16-6-4-5-9-25-16)11-18(29-19)27-15-8-7-13(10-14(15)21)20(22,23)24/h4-12H,3H2,1-2H3,(H2,26,27,28,29)/t12-/m1/s1. The number of hydrogen-bond donors (Lipinski definition) is 2. The Balaban J connectivity index is 1.97. The van der Waals surface area contributed by atoms with Gasteiger partial charge >= 0.3 is 6.18 Å². The smallest absolute Gasteiger partial charge is 0.352 e. The Morgan fingerprint density at radius 1 is 1.07 bits per heavy atom. The van der Waals surface area contributed by atoms with Gasteiger partial charge in [-0.3, -0.25) is 4.98 Å². The number of pyridine rings is 1. The minimum atomic E-state index is -4.46. The fourth-order valence-electron chi connectivity index (χ4n) is 2.47. The van der Waals surface area contributed by atoms with E-state index >= 15 is 0 Å². The molecule has 0 bridgehead atoms. The van der Waals surface area contributed by atoms with Crippen molar-refractivity contribution in [3.8, 4) is 11.4 Å². The molecule has 1 atom stereocenters. The van der Waals surface area contributed by atoms with Gasteiger partial charge < -0.3 is 10.6 Å². The first kappa shape index (κ1) is 20.9. The quantitative estimate of drug-likeness (QED) is 0.498. The lowest BCUT2D eigenvalue weighted by Gasteiger charge is -2.15. The number of benzene rings is 1. The summed E-state index contributed by atoms with van der Waals surface area (Å²) in [6.45, 7) is 4.03. The first-order valence-corrected chi connectivity index (χ1v) is 9.35. The zero-order valence-electron chi connectivity index (χ0n) is 15.8. The van der Waals surface area contributed by atoms with Gasteiger partial charge in [0.15, 0.2) is 0 Å². The molecule has 3 aromatic rings. The number of halogens is 4. The van der Waals surface area contributed by atoms with Crippen molar-refractivity contribution in [1.29, 1.82) is 0 Å². The van der Waals surface area contributed by atoms with E-state index in [1.807, 2.05) is 26.0 Å². The van der Waals surface area contributed by atoms with Gasteiger partial charge in [-0.15, -0.1) is 0 Å². The molecule has 152 valence electrons. The summed E-state index contributed by atoms with van der Waals surface area (Å²) in [5, 5.41) is 6.11. The third-order valence-corrected chi connectivity index (χ3v) is 4.51. The van der Waals surface area contributed by atoms with Gasteiger partial charge in [0.25, 0.3) is 0 Å². The summed E-state index contributed by atoms with van der Waals surface area (Å²) in [5.74, 6) is 0.765. The van der Waals surface area contributed by atoms with Gasteiger partial charge in [0.1, 0.15) is 5.82 Å². The van der Waals surface area contributed by atoms with Gasteiger partial charge in [-0.25, -0.2) is 4.98 Å². The van der Waals surface area contributed by atoms with E-state index in [4.69, 9.17) is 11.6 Å². The fourth-order valence-corrected chi connectivity index (χ4v) is 2.70. The van der Waals surface area contributed by atoms with Crippen LogP contribution in [-0.4, -0.2) is 21.0 Å². The lowest BCUT2D eigenvalue weighted by Crippen LogP contribution is -2.16. The monoisotopic (exact) mass is 421 g/mol. The Hall–Kier alpha value is -2.87. The molecule has 0 radical (unpaired) electrons. The van der Waals surface area contributed by atoms with Crippen LogP contribution < -0.4 is 10.6 Å². The van der Waals surface area contributed by atoms with E-state index in [9.17, 15) is 13.2 Å². The molecule has 0 amide bonds. The third kappa shape index (κ3) is 5.35. The number of hydrogen-bond acceptors (Lipinski definition) is 5. The maximum atomic E-state index is 12.9. The zero-order chi connectivity index (χ0) is 21.0.